The molecule has 0 aliphatic heterocycles. The fourth-order valence-electron chi connectivity index (χ4n) is 3.78. The summed E-state index contributed by atoms with van der Waals surface area (Å²) in [6.45, 7) is 17.1. The Balaban J connectivity index is 2.07. The third-order valence-electron chi connectivity index (χ3n) is 6.44. The summed E-state index contributed by atoms with van der Waals surface area (Å²) in [5, 5.41) is 11.1. The van der Waals surface area contributed by atoms with Gasteiger partial charge in [-0.2, -0.15) is 0 Å². The van der Waals surface area contributed by atoms with Crippen LogP contribution in [0.25, 0.3) is 0 Å². The monoisotopic (exact) mass is 443 g/mol. The van der Waals surface area contributed by atoms with Gasteiger partial charge in [0.05, 0.1) is 0 Å². The number of hydrogen-bond donors (Lipinski definition) is 1. The first-order chi connectivity index (χ1) is 15.4. The SMILES string of the molecule is CCC(C)(C)c1cc(C=Nc2ccccc2Oc2c(C)cccc2C)c(O)c(C(C)(C)C)c1. The Bertz CT molecular complexity index is 1150. The summed E-state index contributed by atoms with van der Waals surface area (Å²) in [5.74, 6) is 1.83. The van der Waals surface area contributed by atoms with Gasteiger partial charge in [-0.1, -0.05) is 77.9 Å². The molecule has 0 unspecified atom stereocenters. The quantitative estimate of drug-likeness (QED) is 0.388. The van der Waals surface area contributed by atoms with Gasteiger partial charge in [-0.15, -0.1) is 0 Å². The van der Waals surface area contributed by atoms with Gasteiger partial charge < -0.3 is 9.84 Å². The van der Waals surface area contributed by atoms with Crippen LogP contribution < -0.4 is 4.74 Å². The van der Waals surface area contributed by atoms with E-state index in [2.05, 4.69) is 53.7 Å². The first-order valence-corrected chi connectivity index (χ1v) is 11.7. The van der Waals surface area contributed by atoms with Gasteiger partial charge in [0.2, 0.25) is 0 Å². The number of rotatable bonds is 6. The van der Waals surface area contributed by atoms with Gasteiger partial charge in [0.1, 0.15) is 17.2 Å². The molecule has 0 aliphatic rings. The fraction of sp³-hybridized carbons (Fsp3) is 0.367. The molecule has 174 valence electrons. The van der Waals surface area contributed by atoms with Crippen LogP contribution in [0.2, 0.25) is 0 Å². The lowest BCUT2D eigenvalue weighted by Crippen LogP contribution is -2.19. The van der Waals surface area contributed by atoms with Crippen molar-refractivity contribution < 1.29 is 9.84 Å². The predicted octanol–water partition coefficient (Wildman–Crippen LogP) is 8.54. The van der Waals surface area contributed by atoms with E-state index in [-0.39, 0.29) is 16.6 Å². The highest BCUT2D eigenvalue weighted by atomic mass is 16.5. The lowest BCUT2D eigenvalue weighted by atomic mass is 9.77. The van der Waals surface area contributed by atoms with Gasteiger partial charge in [0.25, 0.3) is 0 Å². The normalized spacial score (nSPS) is 12.4. The average molecular weight is 444 g/mol. The summed E-state index contributed by atoms with van der Waals surface area (Å²) in [7, 11) is 0. The molecule has 0 atom stereocenters. The minimum atomic E-state index is -0.185. The number of phenolic OH excluding ortho intramolecular Hbond substituents is 1. The predicted molar refractivity (Wildman–Crippen MR) is 140 cm³/mol. The highest BCUT2D eigenvalue weighted by Crippen LogP contribution is 2.39. The molecule has 0 fully saturated rings. The van der Waals surface area contributed by atoms with Gasteiger partial charge in [-0.05, 0) is 66.0 Å². The van der Waals surface area contributed by atoms with Crippen LogP contribution in [0.3, 0.4) is 0 Å². The molecule has 0 radical (unpaired) electrons. The summed E-state index contributed by atoms with van der Waals surface area (Å²) in [6, 6.07) is 18.1. The van der Waals surface area contributed by atoms with E-state index < -0.39 is 0 Å². The second kappa shape index (κ2) is 9.43. The number of aliphatic imine (C=N–C) groups is 1. The number of ether oxygens (including phenoxy) is 1. The van der Waals surface area contributed by atoms with Crippen LogP contribution in [0.15, 0.2) is 59.6 Å². The number of phenols is 1. The maximum absolute atomic E-state index is 11.1. The molecule has 3 nitrogen and oxygen atoms in total. The Morgan fingerprint density at radius 2 is 1.55 bits per heavy atom. The van der Waals surface area contributed by atoms with Crippen molar-refractivity contribution in [3.63, 3.8) is 0 Å². The zero-order valence-corrected chi connectivity index (χ0v) is 21.3. The van der Waals surface area contributed by atoms with Gasteiger partial charge >= 0.3 is 0 Å². The molecule has 33 heavy (non-hydrogen) atoms. The number of benzene rings is 3. The number of hydrogen-bond acceptors (Lipinski definition) is 3. The van der Waals surface area contributed by atoms with E-state index in [0.717, 1.165) is 40.1 Å². The van der Waals surface area contributed by atoms with Crippen LogP contribution in [0.1, 0.15) is 75.8 Å². The summed E-state index contributed by atoms with van der Waals surface area (Å²) in [5.41, 5.74) is 5.55. The lowest BCUT2D eigenvalue weighted by molar-refractivity contribution is 0.441. The molecule has 1 N–H and O–H groups in total. The Morgan fingerprint density at radius 1 is 0.909 bits per heavy atom. The van der Waals surface area contributed by atoms with E-state index in [1.807, 2.05) is 56.3 Å². The van der Waals surface area contributed by atoms with Crippen LogP contribution in [-0.4, -0.2) is 11.3 Å². The lowest BCUT2D eigenvalue weighted by Gasteiger charge is -2.28. The standard InChI is InChI=1S/C30H37NO2/c1-9-30(7,8)23-17-22(27(32)24(18-23)29(4,5)6)19-31-25-15-10-11-16-26(25)33-28-20(2)13-12-14-21(28)3/h10-19,32H,9H2,1-8H3. The number of aromatic hydroxyl groups is 1. The molecule has 0 amide bonds. The van der Waals surface area contributed by atoms with Crippen LogP contribution in [0, 0.1) is 13.8 Å². The highest BCUT2D eigenvalue weighted by Gasteiger charge is 2.26. The van der Waals surface area contributed by atoms with Crippen LogP contribution >= 0.6 is 0 Å². The van der Waals surface area contributed by atoms with Crippen LogP contribution in [0.4, 0.5) is 5.69 Å². The average Bonchev–Trinajstić information content (AvgIpc) is 2.75. The van der Waals surface area contributed by atoms with Crippen molar-refractivity contribution in [1.82, 2.24) is 0 Å². The molecule has 3 rings (SSSR count). The molecule has 0 saturated carbocycles. The molecule has 0 saturated heterocycles. The maximum atomic E-state index is 11.1. The minimum absolute atomic E-state index is 0.000326. The van der Waals surface area contributed by atoms with Gasteiger partial charge in [0, 0.05) is 17.3 Å². The topological polar surface area (TPSA) is 41.8 Å². The Labute approximate surface area is 199 Å². The summed E-state index contributed by atoms with van der Waals surface area (Å²) >= 11 is 0. The van der Waals surface area contributed by atoms with Crippen molar-refractivity contribution >= 4 is 11.9 Å². The van der Waals surface area contributed by atoms with Gasteiger partial charge in [-0.3, -0.25) is 4.99 Å². The first kappa shape index (κ1) is 24.6. The fourth-order valence-corrected chi connectivity index (χ4v) is 3.78. The Hall–Kier alpha value is -3.07. The number of para-hydroxylation sites is 3. The highest BCUT2D eigenvalue weighted by molar-refractivity contribution is 5.87. The molecule has 0 aliphatic carbocycles. The Morgan fingerprint density at radius 3 is 2.15 bits per heavy atom. The van der Waals surface area contributed by atoms with E-state index in [4.69, 9.17) is 9.73 Å². The van der Waals surface area contributed by atoms with E-state index in [1.54, 1.807) is 6.21 Å². The first-order valence-electron chi connectivity index (χ1n) is 11.7. The largest absolute Gasteiger partial charge is 0.507 e. The summed E-state index contributed by atoms with van der Waals surface area (Å²) in [6.07, 6.45) is 2.76. The molecule has 0 aromatic heterocycles. The molecule has 0 bridgehead atoms. The molecule has 0 heterocycles. The second-order valence-corrected chi connectivity index (χ2v) is 10.5. The zero-order valence-electron chi connectivity index (χ0n) is 21.3. The van der Waals surface area contributed by atoms with Crippen LogP contribution in [0.5, 0.6) is 17.2 Å². The minimum Gasteiger partial charge on any atom is -0.507 e. The number of aryl methyl sites for hydroxylation is 2. The smallest absolute Gasteiger partial charge is 0.153 e. The van der Waals surface area contributed by atoms with Crippen molar-refractivity contribution in [2.24, 2.45) is 4.99 Å². The van der Waals surface area contributed by atoms with E-state index in [1.165, 1.54) is 5.56 Å². The maximum Gasteiger partial charge on any atom is 0.153 e. The van der Waals surface area contributed by atoms with Crippen molar-refractivity contribution in [2.75, 3.05) is 0 Å². The van der Waals surface area contributed by atoms with E-state index in [0.29, 0.717) is 5.75 Å². The van der Waals surface area contributed by atoms with E-state index >= 15 is 0 Å². The summed E-state index contributed by atoms with van der Waals surface area (Å²) < 4.78 is 6.29. The van der Waals surface area contributed by atoms with Gasteiger partial charge in [0.15, 0.2) is 5.75 Å². The molecular weight excluding hydrogens is 406 g/mol. The Kier molecular flexibility index (Phi) is 7.02. The number of nitrogens with zero attached hydrogens (tertiary/aromatic N) is 1. The zero-order chi connectivity index (χ0) is 24.4. The van der Waals surface area contributed by atoms with E-state index in [9.17, 15) is 5.11 Å². The molecular formula is C30H37NO2. The van der Waals surface area contributed by atoms with Crippen LogP contribution in [-0.2, 0) is 10.8 Å². The summed E-state index contributed by atoms with van der Waals surface area (Å²) in [4.78, 5) is 4.75. The van der Waals surface area contributed by atoms with Crippen molar-refractivity contribution in [3.05, 3.63) is 82.4 Å². The molecule has 3 heteroatoms. The third kappa shape index (κ3) is 5.47. The van der Waals surface area contributed by atoms with Crippen molar-refractivity contribution in [1.29, 1.82) is 0 Å². The van der Waals surface area contributed by atoms with Crippen molar-refractivity contribution in [3.8, 4) is 17.2 Å². The van der Waals surface area contributed by atoms with Crippen molar-refractivity contribution in [2.45, 2.75) is 72.6 Å². The second-order valence-electron chi connectivity index (χ2n) is 10.5. The third-order valence-corrected chi connectivity index (χ3v) is 6.44. The molecule has 0 spiro atoms. The van der Waals surface area contributed by atoms with Gasteiger partial charge in [-0.25, -0.2) is 0 Å². The molecule has 3 aromatic carbocycles. The molecule has 3 aromatic rings.